The average molecular weight is 319 g/mol. The SMILES string of the molecule is O=C1OC(CN=C=S)CN1c1ccc2c(c1)CCN2C(=O)O. The molecule has 1 unspecified atom stereocenters. The molecule has 22 heavy (non-hydrogen) atoms. The number of carbonyl (C=O) groups is 2. The van der Waals surface area contributed by atoms with E-state index in [9.17, 15) is 9.59 Å². The molecule has 0 radical (unpaired) electrons. The molecular weight excluding hydrogens is 306 g/mol. The molecule has 0 saturated carbocycles. The molecule has 1 aromatic carbocycles. The van der Waals surface area contributed by atoms with Gasteiger partial charge < -0.3 is 9.84 Å². The van der Waals surface area contributed by atoms with Crippen LogP contribution in [0.25, 0.3) is 0 Å². The standard InChI is InChI=1S/C14H13N3O4S/c18-13(19)16-4-3-9-5-10(1-2-12(9)16)17-7-11(6-15-8-22)21-14(17)20/h1-2,5,11H,3-4,6-7H2,(H,18,19). The Morgan fingerprint density at radius 1 is 1.55 bits per heavy atom. The Morgan fingerprint density at radius 2 is 2.36 bits per heavy atom. The zero-order valence-corrected chi connectivity index (χ0v) is 12.4. The minimum Gasteiger partial charge on any atom is -0.465 e. The van der Waals surface area contributed by atoms with Gasteiger partial charge in [0.2, 0.25) is 0 Å². The van der Waals surface area contributed by atoms with E-state index in [0.29, 0.717) is 37.4 Å². The van der Waals surface area contributed by atoms with Crippen molar-refractivity contribution in [1.29, 1.82) is 0 Å². The van der Waals surface area contributed by atoms with Crippen LogP contribution in [0.2, 0.25) is 0 Å². The lowest BCUT2D eigenvalue weighted by atomic mass is 10.1. The van der Waals surface area contributed by atoms with E-state index < -0.39 is 12.2 Å². The van der Waals surface area contributed by atoms with Crippen LogP contribution in [0.1, 0.15) is 5.56 Å². The molecule has 1 aromatic rings. The number of thiocarbonyl (C=S) groups is 1. The van der Waals surface area contributed by atoms with Crippen molar-refractivity contribution >= 4 is 40.9 Å². The molecule has 7 nitrogen and oxygen atoms in total. The molecule has 2 aliphatic rings. The Morgan fingerprint density at radius 3 is 3.09 bits per heavy atom. The second kappa shape index (κ2) is 5.75. The van der Waals surface area contributed by atoms with Gasteiger partial charge in [-0.15, -0.1) is 0 Å². The Hall–Kier alpha value is -2.44. The number of fused-ring (bicyclic) bond motifs is 1. The molecule has 1 atom stereocenters. The quantitative estimate of drug-likeness (QED) is 0.682. The summed E-state index contributed by atoms with van der Waals surface area (Å²) in [5.74, 6) is 0. The van der Waals surface area contributed by atoms with Crippen LogP contribution < -0.4 is 9.80 Å². The van der Waals surface area contributed by atoms with E-state index in [1.54, 1.807) is 12.1 Å². The number of hydrogen-bond acceptors (Lipinski definition) is 5. The molecule has 0 aromatic heterocycles. The van der Waals surface area contributed by atoms with Crippen LogP contribution >= 0.6 is 12.2 Å². The summed E-state index contributed by atoms with van der Waals surface area (Å²) in [6.07, 6.45) is -1.11. The van der Waals surface area contributed by atoms with Crippen molar-refractivity contribution < 1.29 is 19.4 Å². The maximum atomic E-state index is 11.9. The van der Waals surface area contributed by atoms with E-state index in [-0.39, 0.29) is 6.10 Å². The summed E-state index contributed by atoms with van der Waals surface area (Å²) < 4.78 is 5.21. The van der Waals surface area contributed by atoms with Gasteiger partial charge in [-0.1, -0.05) is 0 Å². The van der Waals surface area contributed by atoms with E-state index in [1.807, 2.05) is 6.07 Å². The first-order valence-corrected chi connectivity index (χ1v) is 7.16. The smallest absolute Gasteiger partial charge is 0.414 e. The molecule has 2 aliphatic heterocycles. The number of carboxylic acid groups (broad SMARTS) is 1. The first-order chi connectivity index (χ1) is 10.6. The Balaban J connectivity index is 1.81. The zero-order chi connectivity index (χ0) is 15.7. The molecule has 1 fully saturated rings. The maximum absolute atomic E-state index is 11.9. The van der Waals surface area contributed by atoms with Crippen LogP contribution in [0.4, 0.5) is 21.0 Å². The third kappa shape index (κ3) is 2.54. The lowest BCUT2D eigenvalue weighted by Gasteiger charge is -2.16. The molecule has 1 saturated heterocycles. The van der Waals surface area contributed by atoms with Gasteiger partial charge in [-0.3, -0.25) is 9.80 Å². The predicted octanol–water partition coefficient (Wildman–Crippen LogP) is 2.16. The fourth-order valence-electron chi connectivity index (χ4n) is 2.72. The van der Waals surface area contributed by atoms with Crippen molar-refractivity contribution in [3.63, 3.8) is 0 Å². The number of rotatable bonds is 3. The summed E-state index contributed by atoms with van der Waals surface area (Å²) in [4.78, 5) is 29.7. The minimum atomic E-state index is -0.967. The minimum absolute atomic E-state index is 0.295. The fourth-order valence-corrected chi connectivity index (χ4v) is 2.80. The summed E-state index contributed by atoms with van der Waals surface area (Å²) in [5, 5.41) is 11.4. The lowest BCUT2D eigenvalue weighted by molar-refractivity contribution is 0.145. The molecule has 2 heterocycles. The van der Waals surface area contributed by atoms with Crippen molar-refractivity contribution in [2.24, 2.45) is 4.99 Å². The number of ether oxygens (including phenoxy) is 1. The normalized spacial score (nSPS) is 19.6. The Bertz CT molecular complexity index is 687. The van der Waals surface area contributed by atoms with E-state index in [4.69, 9.17) is 9.84 Å². The van der Waals surface area contributed by atoms with Gasteiger partial charge in [0, 0.05) is 12.2 Å². The highest BCUT2D eigenvalue weighted by Gasteiger charge is 2.33. The van der Waals surface area contributed by atoms with Crippen molar-refractivity contribution in [1.82, 2.24) is 0 Å². The summed E-state index contributed by atoms with van der Waals surface area (Å²) >= 11 is 4.50. The second-order valence-corrected chi connectivity index (χ2v) is 5.23. The lowest BCUT2D eigenvalue weighted by Crippen LogP contribution is -2.27. The number of isothiocyanates is 1. The zero-order valence-electron chi connectivity index (χ0n) is 11.6. The van der Waals surface area contributed by atoms with Crippen LogP contribution in [0.5, 0.6) is 0 Å². The van der Waals surface area contributed by atoms with Gasteiger partial charge in [-0.2, -0.15) is 0 Å². The first-order valence-electron chi connectivity index (χ1n) is 6.75. The molecule has 8 heteroatoms. The molecule has 0 bridgehead atoms. The molecule has 3 rings (SSSR count). The number of carbonyl (C=O) groups excluding carboxylic acids is 1. The summed E-state index contributed by atoms with van der Waals surface area (Å²) in [6.45, 7) is 1.12. The van der Waals surface area contributed by atoms with Gasteiger partial charge in [-0.25, -0.2) is 14.6 Å². The third-order valence-electron chi connectivity index (χ3n) is 3.73. The topological polar surface area (TPSA) is 82.4 Å². The largest absolute Gasteiger partial charge is 0.465 e. The number of nitrogens with zero attached hydrogens (tertiary/aromatic N) is 3. The number of hydrogen-bond donors (Lipinski definition) is 1. The van der Waals surface area contributed by atoms with Crippen LogP contribution in [0.15, 0.2) is 23.2 Å². The first kappa shape index (κ1) is 14.5. The average Bonchev–Trinajstić information content (AvgIpc) is 3.07. The highest BCUT2D eigenvalue weighted by molar-refractivity contribution is 7.78. The number of amides is 2. The van der Waals surface area contributed by atoms with Crippen LogP contribution in [-0.4, -0.2) is 48.2 Å². The molecule has 0 spiro atoms. The maximum Gasteiger partial charge on any atom is 0.414 e. The van der Waals surface area contributed by atoms with Gasteiger partial charge in [0.1, 0.15) is 6.10 Å². The van der Waals surface area contributed by atoms with Gasteiger partial charge in [0.15, 0.2) is 0 Å². The van der Waals surface area contributed by atoms with Gasteiger partial charge in [0.25, 0.3) is 0 Å². The molecule has 114 valence electrons. The number of anilines is 2. The monoisotopic (exact) mass is 319 g/mol. The molecular formula is C14H13N3O4S. The predicted molar refractivity (Wildman–Crippen MR) is 83.0 cm³/mol. The van der Waals surface area contributed by atoms with Crippen molar-refractivity contribution in [2.45, 2.75) is 12.5 Å². The molecule has 2 amide bonds. The number of benzene rings is 1. The summed E-state index contributed by atoms with van der Waals surface area (Å²) in [7, 11) is 0. The van der Waals surface area contributed by atoms with Crippen LogP contribution in [-0.2, 0) is 11.2 Å². The van der Waals surface area contributed by atoms with E-state index >= 15 is 0 Å². The summed E-state index contributed by atoms with van der Waals surface area (Å²) in [5.41, 5.74) is 2.28. The highest BCUT2D eigenvalue weighted by Crippen LogP contribution is 2.33. The van der Waals surface area contributed by atoms with Gasteiger partial charge >= 0.3 is 12.2 Å². The summed E-state index contributed by atoms with van der Waals surface area (Å²) in [6, 6.07) is 5.29. The highest BCUT2D eigenvalue weighted by atomic mass is 32.1. The van der Waals surface area contributed by atoms with Crippen molar-refractivity contribution in [2.75, 3.05) is 29.4 Å². The van der Waals surface area contributed by atoms with Crippen molar-refractivity contribution in [3.05, 3.63) is 23.8 Å². The van der Waals surface area contributed by atoms with E-state index in [2.05, 4.69) is 22.4 Å². The van der Waals surface area contributed by atoms with E-state index in [1.165, 1.54) is 9.80 Å². The Kier molecular flexibility index (Phi) is 3.79. The number of cyclic esters (lactones) is 1. The van der Waals surface area contributed by atoms with E-state index in [0.717, 1.165) is 5.56 Å². The van der Waals surface area contributed by atoms with Gasteiger partial charge in [-0.05, 0) is 42.4 Å². The van der Waals surface area contributed by atoms with Crippen LogP contribution in [0.3, 0.4) is 0 Å². The van der Waals surface area contributed by atoms with Crippen LogP contribution in [0, 0.1) is 0 Å². The third-order valence-corrected chi connectivity index (χ3v) is 3.86. The second-order valence-electron chi connectivity index (χ2n) is 5.05. The van der Waals surface area contributed by atoms with Gasteiger partial charge in [0.05, 0.1) is 23.9 Å². The molecule has 0 aliphatic carbocycles. The Labute approximate surface area is 131 Å². The van der Waals surface area contributed by atoms with Crippen molar-refractivity contribution in [3.8, 4) is 0 Å². The molecule has 1 N–H and O–H groups in total. The fraction of sp³-hybridized carbons (Fsp3) is 0.357. The number of aliphatic imine (C=N–C) groups is 1.